The third-order valence-corrected chi connectivity index (χ3v) is 4.29. The van der Waals surface area contributed by atoms with Crippen LogP contribution in [0.15, 0.2) is 53.0 Å². The first-order valence-electron chi connectivity index (χ1n) is 5.65. The molecule has 2 aromatic carbocycles. The SMILES string of the molecule is NNC(Cc1ccccc1)c1cc(Br)ccc1I. The minimum Gasteiger partial charge on any atom is -0.271 e. The van der Waals surface area contributed by atoms with E-state index in [1.54, 1.807) is 0 Å². The van der Waals surface area contributed by atoms with Gasteiger partial charge in [-0.25, -0.2) is 0 Å². The summed E-state index contributed by atoms with van der Waals surface area (Å²) >= 11 is 5.85. The van der Waals surface area contributed by atoms with Gasteiger partial charge >= 0.3 is 0 Å². The number of benzene rings is 2. The number of rotatable bonds is 4. The summed E-state index contributed by atoms with van der Waals surface area (Å²) in [5.74, 6) is 5.70. The smallest absolute Gasteiger partial charge is 0.0511 e. The number of nitrogens with two attached hydrogens (primary N) is 1. The molecule has 0 saturated heterocycles. The quantitative estimate of drug-likeness (QED) is 0.452. The Bertz CT molecular complexity index is 516. The van der Waals surface area contributed by atoms with Crippen LogP contribution in [0.5, 0.6) is 0 Å². The van der Waals surface area contributed by atoms with Crippen molar-refractivity contribution in [1.29, 1.82) is 0 Å². The maximum absolute atomic E-state index is 5.70. The van der Waals surface area contributed by atoms with Crippen molar-refractivity contribution in [2.75, 3.05) is 0 Å². The standard InChI is InChI=1S/C14H14BrIN2/c15-11-6-7-13(16)12(9-11)14(18-17)8-10-4-2-1-3-5-10/h1-7,9,14,18H,8,17H2. The number of halogens is 2. The van der Waals surface area contributed by atoms with Gasteiger partial charge in [-0.05, 0) is 58.3 Å². The molecule has 4 heteroatoms. The van der Waals surface area contributed by atoms with Gasteiger partial charge in [-0.3, -0.25) is 11.3 Å². The van der Waals surface area contributed by atoms with Crippen LogP contribution in [-0.4, -0.2) is 0 Å². The topological polar surface area (TPSA) is 38.0 Å². The van der Waals surface area contributed by atoms with Crippen molar-refractivity contribution in [1.82, 2.24) is 5.43 Å². The summed E-state index contributed by atoms with van der Waals surface area (Å²) in [6.45, 7) is 0. The predicted octanol–water partition coefficient (Wildman–Crippen LogP) is 3.80. The molecule has 2 rings (SSSR count). The van der Waals surface area contributed by atoms with Gasteiger partial charge in [-0.2, -0.15) is 0 Å². The number of nitrogens with one attached hydrogen (secondary N) is 1. The molecule has 94 valence electrons. The van der Waals surface area contributed by atoms with Crippen molar-refractivity contribution < 1.29 is 0 Å². The Hall–Kier alpha value is -0.430. The van der Waals surface area contributed by atoms with Crippen LogP contribution in [0.2, 0.25) is 0 Å². The molecule has 0 spiro atoms. The summed E-state index contributed by atoms with van der Waals surface area (Å²) in [6, 6.07) is 16.7. The zero-order chi connectivity index (χ0) is 13.0. The van der Waals surface area contributed by atoms with E-state index in [1.165, 1.54) is 14.7 Å². The summed E-state index contributed by atoms with van der Waals surface area (Å²) < 4.78 is 2.29. The lowest BCUT2D eigenvalue weighted by Crippen LogP contribution is -2.30. The second kappa shape index (κ2) is 6.65. The van der Waals surface area contributed by atoms with Crippen molar-refractivity contribution in [2.45, 2.75) is 12.5 Å². The van der Waals surface area contributed by atoms with E-state index in [0.717, 1.165) is 10.9 Å². The van der Waals surface area contributed by atoms with E-state index < -0.39 is 0 Å². The Morgan fingerprint density at radius 2 is 1.89 bits per heavy atom. The summed E-state index contributed by atoms with van der Waals surface area (Å²) in [5, 5.41) is 0. The van der Waals surface area contributed by atoms with Crippen LogP contribution in [0.3, 0.4) is 0 Å². The second-order valence-corrected chi connectivity index (χ2v) is 6.15. The van der Waals surface area contributed by atoms with E-state index in [2.05, 4.69) is 80.3 Å². The molecule has 2 nitrogen and oxygen atoms in total. The molecule has 0 aromatic heterocycles. The Kier molecular flexibility index (Phi) is 5.17. The third-order valence-electron chi connectivity index (χ3n) is 2.82. The lowest BCUT2D eigenvalue weighted by Gasteiger charge is -2.18. The highest BCUT2D eigenvalue weighted by Crippen LogP contribution is 2.26. The van der Waals surface area contributed by atoms with Gasteiger partial charge in [0.05, 0.1) is 6.04 Å². The normalized spacial score (nSPS) is 12.4. The van der Waals surface area contributed by atoms with Crippen molar-refractivity contribution in [3.63, 3.8) is 0 Å². The van der Waals surface area contributed by atoms with Crippen LogP contribution in [-0.2, 0) is 6.42 Å². The molecule has 0 bridgehead atoms. The third kappa shape index (κ3) is 3.54. The highest BCUT2D eigenvalue weighted by molar-refractivity contribution is 14.1. The number of hydrogen-bond acceptors (Lipinski definition) is 2. The molecule has 0 radical (unpaired) electrons. The van der Waals surface area contributed by atoms with Crippen molar-refractivity contribution in [2.24, 2.45) is 5.84 Å². The number of hydrazine groups is 1. The average molecular weight is 417 g/mol. The van der Waals surface area contributed by atoms with Crippen LogP contribution >= 0.6 is 38.5 Å². The molecule has 18 heavy (non-hydrogen) atoms. The molecule has 3 N–H and O–H groups in total. The van der Waals surface area contributed by atoms with Crippen LogP contribution in [0.25, 0.3) is 0 Å². The van der Waals surface area contributed by atoms with Crippen LogP contribution in [0, 0.1) is 3.57 Å². The fraction of sp³-hybridized carbons (Fsp3) is 0.143. The summed E-state index contributed by atoms with van der Waals surface area (Å²) in [7, 11) is 0. The molecule has 0 amide bonds. The van der Waals surface area contributed by atoms with Gasteiger partial charge in [0.15, 0.2) is 0 Å². The van der Waals surface area contributed by atoms with Gasteiger partial charge in [-0.1, -0.05) is 46.3 Å². The van der Waals surface area contributed by atoms with E-state index in [1.807, 2.05) is 12.1 Å². The zero-order valence-corrected chi connectivity index (χ0v) is 13.5. The lowest BCUT2D eigenvalue weighted by atomic mass is 9.99. The molecule has 0 aliphatic rings. The van der Waals surface area contributed by atoms with E-state index >= 15 is 0 Å². The van der Waals surface area contributed by atoms with Crippen molar-refractivity contribution in [3.8, 4) is 0 Å². The van der Waals surface area contributed by atoms with Crippen LogP contribution in [0.1, 0.15) is 17.2 Å². The number of hydrogen-bond donors (Lipinski definition) is 2. The molecule has 0 aliphatic heterocycles. The van der Waals surface area contributed by atoms with E-state index in [-0.39, 0.29) is 6.04 Å². The van der Waals surface area contributed by atoms with E-state index in [0.29, 0.717) is 0 Å². The minimum absolute atomic E-state index is 0.122. The fourth-order valence-electron chi connectivity index (χ4n) is 1.89. The minimum atomic E-state index is 0.122. The predicted molar refractivity (Wildman–Crippen MR) is 87.1 cm³/mol. The van der Waals surface area contributed by atoms with Gasteiger partial charge in [0, 0.05) is 8.04 Å². The maximum atomic E-state index is 5.70. The van der Waals surface area contributed by atoms with E-state index in [9.17, 15) is 0 Å². The van der Waals surface area contributed by atoms with Gasteiger partial charge in [0.2, 0.25) is 0 Å². The molecule has 0 heterocycles. The summed E-state index contributed by atoms with van der Waals surface area (Å²) in [4.78, 5) is 0. The summed E-state index contributed by atoms with van der Waals surface area (Å²) in [5.41, 5.74) is 5.40. The fourth-order valence-corrected chi connectivity index (χ4v) is 2.98. The molecular weight excluding hydrogens is 403 g/mol. The van der Waals surface area contributed by atoms with Gasteiger partial charge in [-0.15, -0.1) is 0 Å². The van der Waals surface area contributed by atoms with Gasteiger partial charge < -0.3 is 0 Å². The first-order chi connectivity index (χ1) is 8.70. The van der Waals surface area contributed by atoms with Crippen LogP contribution < -0.4 is 11.3 Å². The Balaban J connectivity index is 2.26. The zero-order valence-electron chi connectivity index (χ0n) is 9.74. The maximum Gasteiger partial charge on any atom is 0.0511 e. The highest BCUT2D eigenvalue weighted by Gasteiger charge is 2.14. The Morgan fingerprint density at radius 1 is 1.17 bits per heavy atom. The molecule has 1 unspecified atom stereocenters. The summed E-state index contributed by atoms with van der Waals surface area (Å²) in [6.07, 6.45) is 0.879. The monoisotopic (exact) mass is 416 g/mol. The van der Waals surface area contributed by atoms with E-state index in [4.69, 9.17) is 5.84 Å². The molecular formula is C14H14BrIN2. The van der Waals surface area contributed by atoms with Crippen molar-refractivity contribution >= 4 is 38.5 Å². The second-order valence-electron chi connectivity index (χ2n) is 4.07. The highest BCUT2D eigenvalue weighted by atomic mass is 127. The molecule has 0 aliphatic carbocycles. The molecule has 0 saturated carbocycles. The first-order valence-corrected chi connectivity index (χ1v) is 7.53. The Labute approximate surface area is 129 Å². The van der Waals surface area contributed by atoms with Gasteiger partial charge in [0.25, 0.3) is 0 Å². The molecule has 0 fully saturated rings. The first kappa shape index (κ1) is 14.0. The lowest BCUT2D eigenvalue weighted by molar-refractivity contribution is 0.549. The largest absolute Gasteiger partial charge is 0.271 e. The van der Waals surface area contributed by atoms with Gasteiger partial charge in [0.1, 0.15) is 0 Å². The van der Waals surface area contributed by atoms with Crippen LogP contribution in [0.4, 0.5) is 0 Å². The van der Waals surface area contributed by atoms with Crippen molar-refractivity contribution in [3.05, 3.63) is 67.7 Å². The average Bonchev–Trinajstić information content (AvgIpc) is 2.40. The Morgan fingerprint density at radius 3 is 2.56 bits per heavy atom. The molecule has 2 aromatic rings. The molecule has 1 atom stereocenters.